The molecule has 0 saturated heterocycles. The predicted molar refractivity (Wildman–Crippen MR) is 83.1 cm³/mol. The number of rotatable bonds is 5. The van der Waals surface area contributed by atoms with E-state index in [4.69, 9.17) is 5.26 Å². The third kappa shape index (κ3) is 3.61. The van der Waals surface area contributed by atoms with E-state index in [1.54, 1.807) is 25.2 Å². The molecule has 0 fully saturated rings. The quantitative estimate of drug-likeness (QED) is 0.892. The van der Waals surface area contributed by atoms with Crippen molar-refractivity contribution < 1.29 is 9.18 Å². The number of halogens is 1. The third-order valence-corrected chi connectivity index (χ3v) is 3.27. The van der Waals surface area contributed by atoms with Gasteiger partial charge in [0.15, 0.2) is 0 Å². The topological polar surface area (TPSA) is 64.9 Å². The van der Waals surface area contributed by atoms with E-state index in [0.29, 0.717) is 24.2 Å². The molecule has 2 aromatic carbocycles. The van der Waals surface area contributed by atoms with Crippen LogP contribution in [0.15, 0.2) is 42.5 Å². The van der Waals surface area contributed by atoms with Crippen LogP contribution in [-0.2, 0) is 6.42 Å². The number of nitrogens with zero attached hydrogens (tertiary/aromatic N) is 1. The molecule has 0 aromatic heterocycles. The molecule has 0 unspecified atom stereocenters. The highest BCUT2D eigenvalue weighted by molar-refractivity contribution is 5.94. The first-order valence-electron chi connectivity index (χ1n) is 6.89. The number of hydrogen-bond donors (Lipinski definition) is 2. The van der Waals surface area contributed by atoms with Gasteiger partial charge in [0.2, 0.25) is 0 Å². The minimum absolute atomic E-state index is 0.0154. The molecule has 0 radical (unpaired) electrons. The van der Waals surface area contributed by atoms with Crippen LogP contribution in [-0.4, -0.2) is 19.5 Å². The molecule has 5 heteroatoms. The number of carbonyl (C=O) groups is 1. The molecular formula is C17H16FN3O. The Morgan fingerprint density at radius 1 is 1.27 bits per heavy atom. The van der Waals surface area contributed by atoms with Crippen LogP contribution in [0.1, 0.15) is 21.5 Å². The summed E-state index contributed by atoms with van der Waals surface area (Å²) in [7, 11) is 1.59. The summed E-state index contributed by atoms with van der Waals surface area (Å²) in [5, 5.41) is 14.6. The summed E-state index contributed by atoms with van der Waals surface area (Å²) in [6.45, 7) is 0.537. The molecule has 0 heterocycles. The molecule has 0 aliphatic carbocycles. The highest BCUT2D eigenvalue weighted by Crippen LogP contribution is 2.17. The number of nitrogens with one attached hydrogen (secondary N) is 2. The van der Waals surface area contributed by atoms with Crippen LogP contribution in [0.5, 0.6) is 0 Å². The van der Waals surface area contributed by atoms with Gasteiger partial charge in [0, 0.05) is 19.2 Å². The Kier molecular flexibility index (Phi) is 5.10. The van der Waals surface area contributed by atoms with Crippen LogP contribution < -0.4 is 10.6 Å². The molecule has 4 nitrogen and oxygen atoms in total. The molecule has 2 N–H and O–H groups in total. The smallest absolute Gasteiger partial charge is 0.251 e. The van der Waals surface area contributed by atoms with Gasteiger partial charge in [-0.25, -0.2) is 4.39 Å². The van der Waals surface area contributed by atoms with Crippen LogP contribution >= 0.6 is 0 Å². The van der Waals surface area contributed by atoms with Gasteiger partial charge in [0.1, 0.15) is 17.4 Å². The summed E-state index contributed by atoms with van der Waals surface area (Å²) in [6.07, 6.45) is 0.659. The average molecular weight is 297 g/mol. The molecule has 0 atom stereocenters. The van der Waals surface area contributed by atoms with Crippen LogP contribution in [0.2, 0.25) is 0 Å². The van der Waals surface area contributed by atoms with Gasteiger partial charge in [-0.3, -0.25) is 4.79 Å². The maximum Gasteiger partial charge on any atom is 0.251 e. The zero-order valence-electron chi connectivity index (χ0n) is 12.2. The predicted octanol–water partition coefficient (Wildman–Crippen LogP) is 2.71. The highest BCUT2D eigenvalue weighted by atomic mass is 19.1. The Morgan fingerprint density at radius 3 is 2.77 bits per heavy atom. The first-order valence-corrected chi connectivity index (χ1v) is 6.89. The van der Waals surface area contributed by atoms with Crippen molar-refractivity contribution in [3.05, 3.63) is 65.0 Å². The summed E-state index contributed by atoms with van der Waals surface area (Å²) >= 11 is 0. The molecule has 22 heavy (non-hydrogen) atoms. The van der Waals surface area contributed by atoms with Crippen molar-refractivity contribution in [2.24, 2.45) is 0 Å². The van der Waals surface area contributed by atoms with E-state index in [1.165, 1.54) is 6.07 Å². The Balaban J connectivity index is 2.02. The fourth-order valence-corrected chi connectivity index (χ4v) is 2.14. The van der Waals surface area contributed by atoms with E-state index in [0.717, 1.165) is 5.56 Å². The van der Waals surface area contributed by atoms with Crippen LogP contribution in [0.4, 0.5) is 10.1 Å². The van der Waals surface area contributed by atoms with Crippen LogP contribution in [0, 0.1) is 17.1 Å². The largest absolute Gasteiger partial charge is 0.384 e. The Morgan fingerprint density at radius 2 is 2.05 bits per heavy atom. The number of nitriles is 1. The lowest BCUT2D eigenvalue weighted by Gasteiger charge is -2.09. The van der Waals surface area contributed by atoms with Gasteiger partial charge in [-0.1, -0.05) is 18.2 Å². The monoisotopic (exact) mass is 297 g/mol. The fourth-order valence-electron chi connectivity index (χ4n) is 2.14. The van der Waals surface area contributed by atoms with Crippen molar-refractivity contribution in [2.45, 2.75) is 6.42 Å². The van der Waals surface area contributed by atoms with Gasteiger partial charge < -0.3 is 10.6 Å². The molecule has 2 aromatic rings. The Bertz CT molecular complexity index is 722. The van der Waals surface area contributed by atoms with Crippen molar-refractivity contribution in [1.29, 1.82) is 5.26 Å². The normalized spacial score (nSPS) is 9.86. The number of benzene rings is 2. The van der Waals surface area contributed by atoms with Crippen molar-refractivity contribution >= 4 is 11.6 Å². The second kappa shape index (κ2) is 7.23. The van der Waals surface area contributed by atoms with Crippen molar-refractivity contribution in [2.75, 3.05) is 18.9 Å². The maximum absolute atomic E-state index is 13.5. The first kappa shape index (κ1) is 15.5. The van der Waals surface area contributed by atoms with E-state index in [2.05, 4.69) is 10.6 Å². The molecule has 1 amide bonds. The second-order valence-corrected chi connectivity index (χ2v) is 4.73. The number of carbonyl (C=O) groups excluding carboxylic acids is 1. The Hall–Kier alpha value is -2.87. The lowest BCUT2D eigenvalue weighted by molar-refractivity contribution is 0.0963. The van der Waals surface area contributed by atoms with Crippen LogP contribution in [0.3, 0.4) is 0 Å². The Labute approximate surface area is 128 Å². The zero-order chi connectivity index (χ0) is 15.9. The van der Waals surface area contributed by atoms with E-state index in [-0.39, 0.29) is 11.5 Å². The molecule has 0 aliphatic heterocycles. The first-order chi connectivity index (χ1) is 10.7. The van der Waals surface area contributed by atoms with Gasteiger partial charge in [0.05, 0.1) is 5.69 Å². The second-order valence-electron chi connectivity index (χ2n) is 4.73. The summed E-state index contributed by atoms with van der Waals surface area (Å²) in [5.41, 5.74) is 2.08. The molecule has 0 spiro atoms. The average Bonchev–Trinajstić information content (AvgIpc) is 2.54. The van der Waals surface area contributed by atoms with E-state index >= 15 is 0 Å². The molecule has 112 valence electrons. The molecule has 0 saturated carbocycles. The van der Waals surface area contributed by atoms with Crippen molar-refractivity contribution in [3.8, 4) is 6.07 Å². The number of hydrogen-bond acceptors (Lipinski definition) is 3. The summed E-state index contributed by atoms with van der Waals surface area (Å²) in [5.74, 6) is -0.666. The third-order valence-electron chi connectivity index (χ3n) is 3.27. The minimum atomic E-state index is -0.533. The lowest BCUT2D eigenvalue weighted by Crippen LogP contribution is -2.18. The number of anilines is 1. The molecular weight excluding hydrogens is 281 g/mol. The van der Waals surface area contributed by atoms with Crippen molar-refractivity contribution in [1.82, 2.24) is 5.32 Å². The highest BCUT2D eigenvalue weighted by Gasteiger charge is 2.07. The van der Waals surface area contributed by atoms with Gasteiger partial charge in [0.25, 0.3) is 5.91 Å². The van der Waals surface area contributed by atoms with Gasteiger partial charge in [-0.05, 0) is 36.2 Å². The van der Waals surface area contributed by atoms with Crippen LogP contribution in [0.25, 0.3) is 0 Å². The van der Waals surface area contributed by atoms with E-state index < -0.39 is 5.82 Å². The standard InChI is InChI=1S/C17H16FN3O/c1-20-17(22)13-5-2-4-12(10-13)8-9-21-16-7-3-6-15(18)14(16)11-19/h2-7,10,21H,8-9H2,1H3,(H,20,22). The lowest BCUT2D eigenvalue weighted by atomic mass is 10.1. The molecule has 0 bridgehead atoms. The summed E-state index contributed by atoms with van der Waals surface area (Å²) in [4.78, 5) is 11.6. The maximum atomic E-state index is 13.5. The molecule has 0 aliphatic rings. The SMILES string of the molecule is CNC(=O)c1cccc(CCNc2cccc(F)c2C#N)c1. The van der Waals surface area contributed by atoms with E-state index in [1.807, 2.05) is 24.3 Å². The summed E-state index contributed by atoms with van der Waals surface area (Å²) in [6, 6.07) is 13.7. The van der Waals surface area contributed by atoms with Gasteiger partial charge >= 0.3 is 0 Å². The number of amides is 1. The fraction of sp³-hybridized carbons (Fsp3) is 0.176. The minimum Gasteiger partial charge on any atom is -0.384 e. The summed E-state index contributed by atoms with van der Waals surface area (Å²) < 4.78 is 13.5. The van der Waals surface area contributed by atoms with Gasteiger partial charge in [-0.15, -0.1) is 0 Å². The van der Waals surface area contributed by atoms with Crippen molar-refractivity contribution in [3.63, 3.8) is 0 Å². The zero-order valence-corrected chi connectivity index (χ0v) is 12.2. The van der Waals surface area contributed by atoms with Gasteiger partial charge in [-0.2, -0.15) is 5.26 Å². The molecule has 2 rings (SSSR count). The van der Waals surface area contributed by atoms with E-state index in [9.17, 15) is 9.18 Å².